The molecule has 3 aromatic carbocycles. The second-order valence-corrected chi connectivity index (χ2v) is 7.61. The molecule has 0 aliphatic heterocycles. The van der Waals surface area contributed by atoms with Crippen LogP contribution in [0.4, 0.5) is 0 Å². The first-order chi connectivity index (χ1) is 12.7. The third-order valence-electron chi connectivity index (χ3n) is 4.58. The number of rotatable bonds is 7. The molecule has 0 heterocycles. The molecule has 134 valence electrons. The number of ether oxygens (including phenoxy) is 2. The summed E-state index contributed by atoms with van der Waals surface area (Å²) in [6.45, 7) is 0. The summed E-state index contributed by atoms with van der Waals surface area (Å²) in [5, 5.41) is 0. The van der Waals surface area contributed by atoms with Crippen LogP contribution in [0.3, 0.4) is 0 Å². The molecule has 3 aromatic rings. The van der Waals surface area contributed by atoms with Crippen molar-refractivity contribution in [3.05, 3.63) is 93.1 Å². The van der Waals surface area contributed by atoms with Gasteiger partial charge in [-0.2, -0.15) is 0 Å². The molecule has 0 spiro atoms. The highest BCUT2D eigenvalue weighted by atomic mass is 127. The fourth-order valence-electron chi connectivity index (χ4n) is 3.19. The molecule has 0 bridgehead atoms. The fraction of sp³-hybridized carbons (Fsp3) is 0.217. The quantitative estimate of drug-likeness (QED) is 0.412. The largest absolute Gasteiger partial charge is 0.497 e. The number of halogens is 1. The summed E-state index contributed by atoms with van der Waals surface area (Å²) in [6, 6.07) is 25.5. The summed E-state index contributed by atoms with van der Waals surface area (Å²) < 4.78 is 12.1. The Morgan fingerprint density at radius 2 is 1.35 bits per heavy atom. The van der Waals surface area contributed by atoms with Crippen LogP contribution in [0.15, 0.2) is 72.8 Å². The summed E-state index contributed by atoms with van der Waals surface area (Å²) in [6.07, 6.45) is 1.94. The van der Waals surface area contributed by atoms with Gasteiger partial charge in [0, 0.05) is 3.57 Å². The smallest absolute Gasteiger partial charge is 0.119 e. The molecule has 0 aromatic heterocycles. The van der Waals surface area contributed by atoms with Gasteiger partial charge in [-0.3, -0.25) is 0 Å². The lowest BCUT2D eigenvalue weighted by atomic mass is 9.86. The minimum Gasteiger partial charge on any atom is -0.497 e. The van der Waals surface area contributed by atoms with Gasteiger partial charge >= 0.3 is 0 Å². The van der Waals surface area contributed by atoms with E-state index in [0.717, 1.165) is 24.3 Å². The van der Waals surface area contributed by atoms with Crippen molar-refractivity contribution in [3.63, 3.8) is 0 Å². The zero-order chi connectivity index (χ0) is 18.4. The van der Waals surface area contributed by atoms with Crippen molar-refractivity contribution in [1.29, 1.82) is 0 Å². The van der Waals surface area contributed by atoms with Crippen LogP contribution in [0.2, 0.25) is 0 Å². The first kappa shape index (κ1) is 18.8. The maximum atomic E-state index is 5.44. The molecule has 0 aliphatic rings. The van der Waals surface area contributed by atoms with E-state index >= 15 is 0 Å². The van der Waals surface area contributed by atoms with Gasteiger partial charge in [0.15, 0.2) is 0 Å². The second-order valence-electron chi connectivity index (χ2n) is 6.36. The maximum absolute atomic E-state index is 5.44. The standard InChI is InChI=1S/C23H23IO2/c1-25-22-7-3-5-18(15-22)14-20(13-17-9-11-21(24)12-10-17)19-6-4-8-23(16-19)26-2/h3-12,15-16,20H,13-14H2,1-2H3. The van der Waals surface area contributed by atoms with E-state index in [2.05, 4.69) is 83.3 Å². The first-order valence-corrected chi connectivity index (χ1v) is 9.77. The van der Waals surface area contributed by atoms with Crippen molar-refractivity contribution in [2.45, 2.75) is 18.8 Å². The van der Waals surface area contributed by atoms with Gasteiger partial charge in [0.05, 0.1) is 14.2 Å². The van der Waals surface area contributed by atoms with Gasteiger partial charge in [0.1, 0.15) is 11.5 Å². The van der Waals surface area contributed by atoms with Crippen molar-refractivity contribution in [2.24, 2.45) is 0 Å². The van der Waals surface area contributed by atoms with E-state index in [0.29, 0.717) is 5.92 Å². The molecule has 0 amide bonds. The van der Waals surface area contributed by atoms with E-state index in [4.69, 9.17) is 9.47 Å². The van der Waals surface area contributed by atoms with Gasteiger partial charge in [-0.05, 0) is 94.4 Å². The highest BCUT2D eigenvalue weighted by Crippen LogP contribution is 2.29. The Bertz CT molecular complexity index is 843. The molecule has 0 fully saturated rings. The van der Waals surface area contributed by atoms with E-state index in [9.17, 15) is 0 Å². The Labute approximate surface area is 169 Å². The van der Waals surface area contributed by atoms with Crippen molar-refractivity contribution in [3.8, 4) is 11.5 Å². The molecule has 1 unspecified atom stereocenters. The number of hydrogen-bond acceptors (Lipinski definition) is 2. The minimum absolute atomic E-state index is 0.372. The number of methoxy groups -OCH3 is 2. The lowest BCUT2D eigenvalue weighted by Crippen LogP contribution is -2.07. The van der Waals surface area contributed by atoms with Crippen LogP contribution in [-0.2, 0) is 12.8 Å². The molecule has 2 nitrogen and oxygen atoms in total. The summed E-state index contributed by atoms with van der Waals surface area (Å²) in [7, 11) is 3.43. The lowest BCUT2D eigenvalue weighted by Gasteiger charge is -2.19. The molecule has 1 atom stereocenters. The predicted octanol–water partition coefficient (Wildman–Crippen LogP) is 5.88. The SMILES string of the molecule is COc1cccc(CC(Cc2ccc(I)cc2)c2cccc(OC)c2)c1. The Balaban J connectivity index is 1.90. The van der Waals surface area contributed by atoms with Crippen LogP contribution in [-0.4, -0.2) is 14.2 Å². The van der Waals surface area contributed by atoms with Crippen LogP contribution in [0.1, 0.15) is 22.6 Å². The first-order valence-electron chi connectivity index (χ1n) is 8.69. The lowest BCUT2D eigenvalue weighted by molar-refractivity contribution is 0.413. The molecule has 0 radical (unpaired) electrons. The van der Waals surface area contributed by atoms with E-state index < -0.39 is 0 Å². The van der Waals surface area contributed by atoms with Gasteiger partial charge in [0.2, 0.25) is 0 Å². The number of hydrogen-bond donors (Lipinski definition) is 0. The molecule has 0 N–H and O–H groups in total. The van der Waals surface area contributed by atoms with Crippen molar-refractivity contribution in [1.82, 2.24) is 0 Å². The van der Waals surface area contributed by atoms with Gasteiger partial charge in [0.25, 0.3) is 0 Å². The average Bonchev–Trinajstić information content (AvgIpc) is 2.69. The Morgan fingerprint density at radius 1 is 0.731 bits per heavy atom. The Hall–Kier alpha value is -2.01. The fourth-order valence-corrected chi connectivity index (χ4v) is 3.55. The van der Waals surface area contributed by atoms with Crippen LogP contribution in [0, 0.1) is 3.57 Å². The summed E-state index contributed by atoms with van der Waals surface area (Å²) >= 11 is 2.35. The summed E-state index contributed by atoms with van der Waals surface area (Å²) in [4.78, 5) is 0. The molecule has 0 saturated carbocycles. The van der Waals surface area contributed by atoms with Gasteiger partial charge in [-0.1, -0.05) is 36.4 Å². The van der Waals surface area contributed by atoms with Crippen molar-refractivity contribution < 1.29 is 9.47 Å². The zero-order valence-corrected chi connectivity index (χ0v) is 17.3. The molecule has 26 heavy (non-hydrogen) atoms. The monoisotopic (exact) mass is 458 g/mol. The van der Waals surface area contributed by atoms with E-state index in [1.165, 1.54) is 20.3 Å². The number of benzene rings is 3. The van der Waals surface area contributed by atoms with Crippen LogP contribution >= 0.6 is 22.6 Å². The minimum atomic E-state index is 0.372. The Morgan fingerprint density at radius 3 is 2.04 bits per heavy atom. The van der Waals surface area contributed by atoms with Gasteiger partial charge in [-0.25, -0.2) is 0 Å². The van der Waals surface area contributed by atoms with Crippen LogP contribution in [0.5, 0.6) is 11.5 Å². The molecule has 0 saturated heterocycles. The highest BCUT2D eigenvalue weighted by molar-refractivity contribution is 14.1. The zero-order valence-electron chi connectivity index (χ0n) is 15.1. The van der Waals surface area contributed by atoms with E-state index in [1.54, 1.807) is 14.2 Å². The van der Waals surface area contributed by atoms with E-state index in [1.807, 2.05) is 12.1 Å². The second kappa shape index (κ2) is 9.08. The van der Waals surface area contributed by atoms with Gasteiger partial charge < -0.3 is 9.47 Å². The maximum Gasteiger partial charge on any atom is 0.119 e. The van der Waals surface area contributed by atoms with Crippen LogP contribution in [0.25, 0.3) is 0 Å². The summed E-state index contributed by atoms with van der Waals surface area (Å²) in [5.74, 6) is 2.18. The van der Waals surface area contributed by atoms with Crippen LogP contribution < -0.4 is 9.47 Å². The average molecular weight is 458 g/mol. The van der Waals surface area contributed by atoms with E-state index in [-0.39, 0.29) is 0 Å². The van der Waals surface area contributed by atoms with Crippen molar-refractivity contribution in [2.75, 3.05) is 14.2 Å². The topological polar surface area (TPSA) is 18.5 Å². The molecule has 3 rings (SSSR count). The Kier molecular flexibility index (Phi) is 6.56. The normalized spacial score (nSPS) is 11.8. The molecule has 3 heteroatoms. The molecular formula is C23H23IO2. The third kappa shape index (κ3) is 5.01. The summed E-state index contributed by atoms with van der Waals surface area (Å²) in [5.41, 5.74) is 3.93. The third-order valence-corrected chi connectivity index (χ3v) is 5.30. The van der Waals surface area contributed by atoms with Crippen molar-refractivity contribution >= 4 is 22.6 Å². The highest BCUT2D eigenvalue weighted by Gasteiger charge is 2.15. The predicted molar refractivity (Wildman–Crippen MR) is 115 cm³/mol. The molecule has 0 aliphatic carbocycles. The molecular weight excluding hydrogens is 435 g/mol. The van der Waals surface area contributed by atoms with Gasteiger partial charge in [-0.15, -0.1) is 0 Å².